The molecule has 19 heavy (non-hydrogen) atoms. The van der Waals surface area contributed by atoms with Crippen LogP contribution >= 0.6 is 11.3 Å². The highest BCUT2D eigenvalue weighted by Gasteiger charge is 2.10. The zero-order valence-corrected chi connectivity index (χ0v) is 11.4. The fraction of sp³-hybridized carbons (Fsp3) is 0.143. The van der Waals surface area contributed by atoms with Crippen molar-refractivity contribution in [1.29, 1.82) is 0 Å². The number of nitrogens with two attached hydrogens (primary N) is 1. The first-order valence-corrected chi connectivity index (χ1v) is 6.88. The summed E-state index contributed by atoms with van der Waals surface area (Å²) in [6, 6.07) is 8.39. The van der Waals surface area contributed by atoms with E-state index in [0.717, 1.165) is 17.2 Å². The molecule has 2 N–H and O–H groups in total. The number of hydrogen-bond donors (Lipinski definition) is 1. The highest BCUT2D eigenvalue weighted by Crippen LogP contribution is 2.25. The predicted octanol–water partition coefficient (Wildman–Crippen LogP) is 2.95. The highest BCUT2D eigenvalue weighted by molar-refractivity contribution is 7.13. The number of nitrogens with zero attached hydrogens (tertiary/aromatic N) is 3. The van der Waals surface area contributed by atoms with Gasteiger partial charge in [-0.1, -0.05) is 29.8 Å². The highest BCUT2D eigenvalue weighted by atomic mass is 32.1. The van der Waals surface area contributed by atoms with Crippen LogP contribution in [0.25, 0.3) is 10.7 Å². The van der Waals surface area contributed by atoms with E-state index in [-0.39, 0.29) is 0 Å². The van der Waals surface area contributed by atoms with Crippen molar-refractivity contribution in [2.75, 3.05) is 5.73 Å². The molecule has 3 aromatic rings. The third kappa shape index (κ3) is 2.51. The molecule has 2 heterocycles. The fourth-order valence-electron chi connectivity index (χ4n) is 2.02. The molecule has 2 aromatic heterocycles. The van der Waals surface area contributed by atoms with Crippen molar-refractivity contribution in [3.8, 4) is 10.7 Å². The van der Waals surface area contributed by atoms with Crippen LogP contribution < -0.4 is 5.73 Å². The second-order valence-electron chi connectivity index (χ2n) is 4.46. The van der Waals surface area contributed by atoms with Crippen LogP contribution in [0.1, 0.15) is 11.1 Å². The average Bonchev–Trinajstić information content (AvgIpc) is 2.98. The number of thiazole rings is 1. The van der Waals surface area contributed by atoms with Crippen molar-refractivity contribution >= 4 is 17.0 Å². The third-order valence-corrected chi connectivity index (χ3v) is 3.63. The van der Waals surface area contributed by atoms with Crippen LogP contribution in [0, 0.1) is 6.92 Å². The number of benzene rings is 1. The van der Waals surface area contributed by atoms with Gasteiger partial charge in [0.2, 0.25) is 0 Å². The van der Waals surface area contributed by atoms with Crippen molar-refractivity contribution < 1.29 is 0 Å². The smallest absolute Gasteiger partial charge is 0.145 e. The monoisotopic (exact) mass is 270 g/mol. The van der Waals surface area contributed by atoms with Crippen molar-refractivity contribution in [2.24, 2.45) is 0 Å². The first kappa shape index (κ1) is 11.9. The van der Waals surface area contributed by atoms with Gasteiger partial charge in [-0.2, -0.15) is 5.10 Å². The van der Waals surface area contributed by atoms with Gasteiger partial charge in [0.25, 0.3) is 0 Å². The Balaban J connectivity index is 1.89. The van der Waals surface area contributed by atoms with Gasteiger partial charge in [0.15, 0.2) is 0 Å². The molecule has 5 heteroatoms. The minimum Gasteiger partial charge on any atom is -0.396 e. The van der Waals surface area contributed by atoms with E-state index in [1.807, 2.05) is 16.3 Å². The third-order valence-electron chi connectivity index (χ3n) is 2.85. The molecule has 1 aromatic carbocycles. The molecule has 0 fully saturated rings. The molecule has 96 valence electrons. The Morgan fingerprint density at radius 2 is 2.26 bits per heavy atom. The summed E-state index contributed by atoms with van der Waals surface area (Å²) < 4.78 is 1.86. The minimum atomic E-state index is 0.669. The quantitative estimate of drug-likeness (QED) is 0.796. The molecule has 0 aliphatic carbocycles. The zero-order valence-electron chi connectivity index (χ0n) is 10.6. The van der Waals surface area contributed by atoms with Crippen LogP contribution in [0.4, 0.5) is 5.69 Å². The number of rotatable bonds is 3. The Hall–Kier alpha value is -2.14. The first-order chi connectivity index (χ1) is 9.22. The van der Waals surface area contributed by atoms with Gasteiger partial charge < -0.3 is 5.73 Å². The lowest BCUT2D eigenvalue weighted by molar-refractivity contribution is 0.689. The fourth-order valence-corrected chi connectivity index (χ4v) is 2.66. The first-order valence-electron chi connectivity index (χ1n) is 6.01. The standard InChI is InChI=1S/C14H14N4S/c1-10-3-2-4-11(7-10)8-18-9-12(15)13(17-18)14-16-5-6-19-14/h2-7,9H,8,15H2,1H3. The molecule has 3 rings (SSSR count). The molecule has 0 amide bonds. The van der Waals surface area contributed by atoms with Gasteiger partial charge >= 0.3 is 0 Å². The number of aromatic nitrogens is 3. The van der Waals surface area contributed by atoms with Gasteiger partial charge in [-0.3, -0.25) is 4.68 Å². The molecule has 0 aliphatic heterocycles. The van der Waals surface area contributed by atoms with Crippen LogP contribution in [0.5, 0.6) is 0 Å². The Morgan fingerprint density at radius 1 is 1.37 bits per heavy atom. The van der Waals surface area contributed by atoms with Crippen molar-refractivity contribution in [1.82, 2.24) is 14.8 Å². The topological polar surface area (TPSA) is 56.7 Å². The van der Waals surface area contributed by atoms with E-state index >= 15 is 0 Å². The number of hydrogen-bond acceptors (Lipinski definition) is 4. The van der Waals surface area contributed by atoms with Crippen molar-refractivity contribution in [3.63, 3.8) is 0 Å². The van der Waals surface area contributed by atoms with E-state index in [0.29, 0.717) is 5.69 Å². The summed E-state index contributed by atoms with van der Waals surface area (Å²) in [5, 5.41) is 7.30. The van der Waals surface area contributed by atoms with E-state index in [4.69, 9.17) is 5.73 Å². The number of nitrogen functional groups attached to an aromatic ring is 1. The molecule has 0 saturated carbocycles. The molecule has 0 radical (unpaired) electrons. The van der Waals surface area contributed by atoms with Crippen LogP contribution in [0.2, 0.25) is 0 Å². The van der Waals surface area contributed by atoms with Gasteiger partial charge in [0, 0.05) is 17.8 Å². The Kier molecular flexibility index (Phi) is 3.05. The maximum absolute atomic E-state index is 6.00. The second kappa shape index (κ2) is 4.85. The molecule has 0 bridgehead atoms. The Bertz CT molecular complexity index is 685. The predicted molar refractivity (Wildman–Crippen MR) is 78.0 cm³/mol. The summed E-state index contributed by atoms with van der Waals surface area (Å²) in [5.74, 6) is 0. The van der Waals surface area contributed by atoms with Crippen LogP contribution in [-0.2, 0) is 6.54 Å². The summed E-state index contributed by atoms with van der Waals surface area (Å²) in [7, 11) is 0. The van der Waals surface area contributed by atoms with Gasteiger partial charge in [-0.15, -0.1) is 11.3 Å². The lowest BCUT2D eigenvalue weighted by Crippen LogP contribution is -2.00. The van der Waals surface area contributed by atoms with E-state index in [2.05, 4.69) is 41.3 Å². The van der Waals surface area contributed by atoms with Gasteiger partial charge in [0.1, 0.15) is 10.7 Å². The molecule has 0 spiro atoms. The molecule has 0 unspecified atom stereocenters. The summed E-state index contributed by atoms with van der Waals surface area (Å²) in [5.41, 5.74) is 9.90. The zero-order chi connectivity index (χ0) is 13.2. The van der Waals surface area contributed by atoms with Crippen molar-refractivity contribution in [2.45, 2.75) is 13.5 Å². The summed E-state index contributed by atoms with van der Waals surface area (Å²) >= 11 is 1.55. The number of anilines is 1. The largest absolute Gasteiger partial charge is 0.396 e. The number of aryl methyl sites for hydroxylation is 1. The van der Waals surface area contributed by atoms with Gasteiger partial charge in [-0.25, -0.2) is 4.98 Å². The second-order valence-corrected chi connectivity index (χ2v) is 5.35. The molecular formula is C14H14N4S. The minimum absolute atomic E-state index is 0.669. The van der Waals surface area contributed by atoms with Gasteiger partial charge in [-0.05, 0) is 12.5 Å². The van der Waals surface area contributed by atoms with Crippen LogP contribution in [0.15, 0.2) is 42.0 Å². The van der Waals surface area contributed by atoms with Gasteiger partial charge in [0.05, 0.1) is 12.2 Å². The maximum atomic E-state index is 6.00. The molecular weight excluding hydrogens is 256 g/mol. The molecule has 4 nitrogen and oxygen atoms in total. The van der Waals surface area contributed by atoms with E-state index in [1.165, 1.54) is 11.1 Å². The molecule has 0 atom stereocenters. The normalized spacial score (nSPS) is 10.8. The molecule has 0 saturated heterocycles. The summed E-state index contributed by atoms with van der Waals surface area (Å²) in [6.45, 7) is 2.80. The average molecular weight is 270 g/mol. The molecule has 0 aliphatic rings. The summed E-state index contributed by atoms with van der Waals surface area (Å²) in [6.07, 6.45) is 3.62. The lowest BCUT2D eigenvalue weighted by atomic mass is 10.1. The van der Waals surface area contributed by atoms with E-state index in [9.17, 15) is 0 Å². The lowest BCUT2D eigenvalue weighted by Gasteiger charge is -2.02. The van der Waals surface area contributed by atoms with Crippen molar-refractivity contribution in [3.05, 3.63) is 53.2 Å². The summed E-state index contributed by atoms with van der Waals surface area (Å²) in [4.78, 5) is 4.24. The SMILES string of the molecule is Cc1cccc(Cn2cc(N)c(-c3nccs3)n2)c1. The Labute approximate surface area is 115 Å². The Morgan fingerprint density at radius 3 is 3.00 bits per heavy atom. The van der Waals surface area contributed by atoms with Crippen LogP contribution in [0.3, 0.4) is 0 Å². The maximum Gasteiger partial charge on any atom is 0.145 e. The van der Waals surface area contributed by atoms with Crippen LogP contribution in [-0.4, -0.2) is 14.8 Å². The van der Waals surface area contributed by atoms with E-state index < -0.39 is 0 Å². The van der Waals surface area contributed by atoms with E-state index in [1.54, 1.807) is 17.5 Å².